The molecule has 0 saturated carbocycles. The molecule has 0 amide bonds. The summed E-state index contributed by atoms with van der Waals surface area (Å²) in [6, 6.07) is 0. The predicted octanol–water partition coefficient (Wildman–Crippen LogP) is 4.95. The lowest BCUT2D eigenvalue weighted by molar-refractivity contribution is -0.144. The molecule has 1 N–H and O–H groups in total. The number of hydrogen-bond donors (Lipinski definition) is 1. The minimum absolute atomic E-state index is 0.0398. The number of carbonyl (C=O) groups is 1. The summed E-state index contributed by atoms with van der Waals surface area (Å²) in [6.45, 7) is 4.78. The normalized spacial score (nSPS) is 22.6. The van der Waals surface area contributed by atoms with E-state index in [4.69, 9.17) is 4.74 Å². The molecule has 122 valence electrons. The van der Waals surface area contributed by atoms with Crippen LogP contribution in [0, 0.1) is 5.92 Å². The van der Waals surface area contributed by atoms with Crippen LogP contribution in [0.15, 0.2) is 12.2 Å². The smallest absolute Gasteiger partial charge is 0.339 e. The lowest BCUT2D eigenvalue weighted by Crippen LogP contribution is -2.32. The van der Waals surface area contributed by atoms with Crippen molar-refractivity contribution in [2.75, 3.05) is 6.61 Å². The topological polar surface area (TPSA) is 49.8 Å². The molecule has 1 fully saturated rings. The van der Waals surface area contributed by atoms with Gasteiger partial charge >= 0.3 is 5.97 Å². The molecule has 21 heavy (non-hydrogen) atoms. The molecule has 1 aliphatic heterocycles. The zero-order chi connectivity index (χ0) is 15.6. The molecule has 1 aliphatic rings. The zero-order valence-corrected chi connectivity index (χ0v) is 13.8. The fourth-order valence-electron chi connectivity index (χ4n) is 2.80. The van der Waals surface area contributed by atoms with Gasteiger partial charge in [-0.2, -0.15) is 0 Å². The first-order valence-electron chi connectivity index (χ1n) is 8.71. The van der Waals surface area contributed by atoms with Crippen LogP contribution >= 0.6 is 0 Å². The van der Waals surface area contributed by atoms with Gasteiger partial charge in [0.25, 0.3) is 0 Å². The van der Waals surface area contributed by atoms with Crippen LogP contribution in [0.2, 0.25) is 0 Å². The second-order valence-electron chi connectivity index (χ2n) is 6.22. The lowest BCUT2D eigenvalue weighted by atomic mass is 9.87. The van der Waals surface area contributed by atoms with E-state index >= 15 is 0 Å². The van der Waals surface area contributed by atoms with E-state index in [9.17, 15) is 9.90 Å². The quantitative estimate of drug-likeness (QED) is 0.297. The fourth-order valence-corrected chi connectivity index (χ4v) is 2.80. The second-order valence-corrected chi connectivity index (χ2v) is 6.22. The molecule has 1 heterocycles. The van der Waals surface area contributed by atoms with E-state index in [1.807, 2.05) is 0 Å². The van der Waals surface area contributed by atoms with E-state index in [2.05, 4.69) is 26.0 Å². The number of unbranched alkanes of at least 4 members (excludes halogenated alkanes) is 7. The van der Waals surface area contributed by atoms with Gasteiger partial charge in [-0.25, -0.2) is 4.79 Å². The van der Waals surface area contributed by atoms with Gasteiger partial charge in [0.05, 0.1) is 6.61 Å². The van der Waals surface area contributed by atoms with Crippen molar-refractivity contribution < 1.29 is 14.6 Å². The first-order valence-corrected chi connectivity index (χ1v) is 8.71. The third-order valence-corrected chi connectivity index (χ3v) is 4.38. The number of hydrogen-bond acceptors (Lipinski definition) is 2. The fraction of sp³-hybridized carbons (Fsp3) is 0.833. The van der Waals surface area contributed by atoms with Gasteiger partial charge in [0.15, 0.2) is 5.60 Å². The highest BCUT2D eigenvalue weighted by Crippen LogP contribution is 2.39. The van der Waals surface area contributed by atoms with Gasteiger partial charge in [-0.05, 0) is 19.3 Å². The van der Waals surface area contributed by atoms with Crippen molar-refractivity contribution in [2.24, 2.45) is 5.92 Å². The summed E-state index contributed by atoms with van der Waals surface area (Å²) in [4.78, 5) is 11.4. The average molecular weight is 296 g/mol. The molecule has 3 heteroatoms. The second kappa shape index (κ2) is 9.99. The van der Waals surface area contributed by atoms with Gasteiger partial charge < -0.3 is 9.84 Å². The van der Waals surface area contributed by atoms with Gasteiger partial charge in [-0.3, -0.25) is 0 Å². The molecule has 1 rings (SSSR count). The SMILES string of the molecule is CCCCCC/C=C\C(CCCCCC)C1(C(=O)O)CO1. The Kier molecular flexibility index (Phi) is 8.67. The third kappa shape index (κ3) is 6.21. The Bertz CT molecular complexity index is 318. The van der Waals surface area contributed by atoms with E-state index in [1.54, 1.807) is 0 Å². The lowest BCUT2D eigenvalue weighted by Gasteiger charge is -2.17. The van der Waals surface area contributed by atoms with Gasteiger partial charge in [0.1, 0.15) is 0 Å². The van der Waals surface area contributed by atoms with Crippen LogP contribution in [0.5, 0.6) is 0 Å². The van der Waals surface area contributed by atoms with Crippen molar-refractivity contribution in [1.29, 1.82) is 0 Å². The molecule has 0 spiro atoms. The highest BCUT2D eigenvalue weighted by Gasteiger charge is 2.57. The molecule has 2 unspecified atom stereocenters. The van der Waals surface area contributed by atoms with E-state index in [1.165, 1.54) is 44.9 Å². The number of carboxylic acid groups (broad SMARTS) is 1. The van der Waals surface area contributed by atoms with E-state index in [-0.39, 0.29) is 5.92 Å². The van der Waals surface area contributed by atoms with Gasteiger partial charge in [-0.1, -0.05) is 70.9 Å². The molecule has 3 nitrogen and oxygen atoms in total. The van der Waals surface area contributed by atoms with Crippen molar-refractivity contribution in [3.05, 3.63) is 12.2 Å². The van der Waals surface area contributed by atoms with Crippen LogP contribution in [0.4, 0.5) is 0 Å². The molecule has 0 aromatic rings. The van der Waals surface area contributed by atoms with Crippen LogP contribution in [-0.4, -0.2) is 23.3 Å². The predicted molar refractivity (Wildman–Crippen MR) is 86.5 cm³/mol. The number of aliphatic carboxylic acids is 1. The van der Waals surface area contributed by atoms with Gasteiger partial charge in [-0.15, -0.1) is 0 Å². The first kappa shape index (κ1) is 18.2. The molecule has 0 aromatic heterocycles. The van der Waals surface area contributed by atoms with Crippen molar-refractivity contribution in [3.63, 3.8) is 0 Å². The Balaban J connectivity index is 2.41. The molecular weight excluding hydrogens is 264 g/mol. The number of carboxylic acids is 1. The van der Waals surface area contributed by atoms with E-state index < -0.39 is 11.6 Å². The molecule has 0 aromatic carbocycles. The third-order valence-electron chi connectivity index (χ3n) is 4.38. The van der Waals surface area contributed by atoms with Crippen LogP contribution in [0.3, 0.4) is 0 Å². The summed E-state index contributed by atoms with van der Waals surface area (Å²) >= 11 is 0. The summed E-state index contributed by atoms with van der Waals surface area (Å²) in [7, 11) is 0. The molecule has 0 radical (unpaired) electrons. The molecule has 0 aliphatic carbocycles. The monoisotopic (exact) mass is 296 g/mol. The Morgan fingerprint density at radius 2 is 1.76 bits per heavy atom. The van der Waals surface area contributed by atoms with E-state index in [0.29, 0.717) is 6.61 Å². The van der Waals surface area contributed by atoms with Gasteiger partial charge in [0.2, 0.25) is 0 Å². The Hall–Kier alpha value is -0.830. The maximum atomic E-state index is 11.4. The minimum Gasteiger partial charge on any atom is -0.479 e. The van der Waals surface area contributed by atoms with Crippen LogP contribution in [0.25, 0.3) is 0 Å². The molecular formula is C18H32O3. The number of ether oxygens (including phenoxy) is 1. The standard InChI is InChI=1S/C18H32O3/c1-3-5-7-9-10-12-14-16(13-11-8-6-4-2)18(15-21-18)17(19)20/h12,14,16H,3-11,13,15H2,1-2H3,(H,19,20)/b14-12-. The highest BCUT2D eigenvalue weighted by atomic mass is 16.6. The minimum atomic E-state index is -0.911. The van der Waals surface area contributed by atoms with Crippen LogP contribution in [-0.2, 0) is 9.53 Å². The summed E-state index contributed by atoms with van der Waals surface area (Å²) < 4.78 is 5.32. The summed E-state index contributed by atoms with van der Waals surface area (Å²) in [5.41, 5.74) is -0.911. The first-order chi connectivity index (χ1) is 10.2. The van der Waals surface area contributed by atoms with Gasteiger partial charge in [0, 0.05) is 5.92 Å². The van der Waals surface area contributed by atoms with Crippen molar-refractivity contribution in [1.82, 2.24) is 0 Å². The molecule has 2 atom stereocenters. The Morgan fingerprint density at radius 1 is 1.14 bits per heavy atom. The summed E-state index contributed by atoms with van der Waals surface area (Å²) in [5.74, 6) is -0.753. The Morgan fingerprint density at radius 3 is 2.29 bits per heavy atom. The molecule has 0 bridgehead atoms. The van der Waals surface area contributed by atoms with E-state index in [0.717, 1.165) is 19.3 Å². The van der Waals surface area contributed by atoms with Crippen LogP contribution in [0.1, 0.15) is 78.1 Å². The van der Waals surface area contributed by atoms with Crippen molar-refractivity contribution in [2.45, 2.75) is 83.7 Å². The zero-order valence-electron chi connectivity index (χ0n) is 13.8. The number of epoxide rings is 1. The number of rotatable bonds is 13. The van der Waals surface area contributed by atoms with Crippen LogP contribution < -0.4 is 0 Å². The Labute approximate surface area is 129 Å². The molecule has 1 saturated heterocycles. The maximum Gasteiger partial charge on any atom is 0.339 e. The summed E-state index contributed by atoms with van der Waals surface area (Å²) in [5, 5.41) is 9.39. The number of allylic oxidation sites excluding steroid dienone is 1. The largest absolute Gasteiger partial charge is 0.479 e. The van der Waals surface area contributed by atoms with Crippen molar-refractivity contribution in [3.8, 4) is 0 Å². The maximum absolute atomic E-state index is 11.4. The summed E-state index contributed by atoms with van der Waals surface area (Å²) in [6.07, 6.45) is 16.0. The van der Waals surface area contributed by atoms with Crippen molar-refractivity contribution >= 4 is 5.97 Å². The highest BCUT2D eigenvalue weighted by molar-refractivity contribution is 5.81. The average Bonchev–Trinajstić information content (AvgIpc) is 3.26.